The summed E-state index contributed by atoms with van der Waals surface area (Å²) in [5, 5.41) is 7.86. The summed E-state index contributed by atoms with van der Waals surface area (Å²) >= 11 is 1.72. The number of anilines is 1. The summed E-state index contributed by atoms with van der Waals surface area (Å²) in [6.45, 7) is 3.82. The topological polar surface area (TPSA) is 66.5 Å². The average Bonchev–Trinajstić information content (AvgIpc) is 3.11. The van der Waals surface area contributed by atoms with Gasteiger partial charge in [-0.25, -0.2) is 4.79 Å². The van der Waals surface area contributed by atoms with Gasteiger partial charge in [-0.3, -0.25) is 9.88 Å². The zero-order valence-electron chi connectivity index (χ0n) is 12.8. The highest BCUT2D eigenvalue weighted by molar-refractivity contribution is 7.10. The highest BCUT2D eigenvalue weighted by Crippen LogP contribution is 2.25. The number of amides is 2. The monoisotopic (exact) mass is 332 g/mol. The molecule has 2 N–H and O–H groups in total. The number of hydrogen-bond donors (Lipinski definition) is 2. The second kappa shape index (κ2) is 8.05. The molecule has 6 nitrogen and oxygen atoms in total. The molecular weight excluding hydrogens is 312 g/mol. The van der Waals surface area contributed by atoms with E-state index in [1.165, 1.54) is 4.88 Å². The Morgan fingerprint density at radius 1 is 1.30 bits per heavy atom. The normalized spacial score (nSPS) is 16.7. The molecule has 1 fully saturated rings. The van der Waals surface area contributed by atoms with Crippen LogP contribution in [-0.2, 0) is 4.74 Å². The number of nitrogens with zero attached hydrogens (tertiary/aromatic N) is 2. The number of ether oxygens (including phenoxy) is 1. The SMILES string of the molecule is O=C(NC[C@H](c1cccs1)N1CCOCC1)Nc1ccncc1. The molecule has 1 aliphatic rings. The fraction of sp³-hybridized carbons (Fsp3) is 0.375. The number of aromatic nitrogens is 1. The van der Waals surface area contributed by atoms with Crippen LogP contribution in [0, 0.1) is 0 Å². The molecule has 3 heterocycles. The largest absolute Gasteiger partial charge is 0.379 e. The molecule has 0 aliphatic carbocycles. The Morgan fingerprint density at radius 3 is 2.78 bits per heavy atom. The van der Waals surface area contributed by atoms with Crippen molar-refractivity contribution in [2.45, 2.75) is 6.04 Å². The van der Waals surface area contributed by atoms with Gasteiger partial charge in [0.05, 0.1) is 19.3 Å². The van der Waals surface area contributed by atoms with Crippen LogP contribution in [0.3, 0.4) is 0 Å². The number of urea groups is 1. The van der Waals surface area contributed by atoms with Crippen LogP contribution in [0.2, 0.25) is 0 Å². The second-order valence-electron chi connectivity index (χ2n) is 5.25. The van der Waals surface area contributed by atoms with Crippen LogP contribution in [0.15, 0.2) is 42.0 Å². The van der Waals surface area contributed by atoms with Gasteiger partial charge in [-0.2, -0.15) is 0 Å². The van der Waals surface area contributed by atoms with Crippen LogP contribution in [0.4, 0.5) is 10.5 Å². The molecule has 0 radical (unpaired) electrons. The van der Waals surface area contributed by atoms with Crippen molar-refractivity contribution >= 4 is 23.1 Å². The molecule has 122 valence electrons. The summed E-state index contributed by atoms with van der Waals surface area (Å²) in [5.74, 6) is 0. The fourth-order valence-electron chi connectivity index (χ4n) is 2.58. The zero-order valence-corrected chi connectivity index (χ0v) is 13.6. The predicted molar refractivity (Wildman–Crippen MR) is 90.7 cm³/mol. The molecule has 7 heteroatoms. The molecule has 2 aromatic heterocycles. The Hall–Kier alpha value is -1.96. The Labute approximate surface area is 139 Å². The summed E-state index contributed by atoms with van der Waals surface area (Å²) in [7, 11) is 0. The van der Waals surface area contributed by atoms with Gasteiger partial charge in [0.1, 0.15) is 0 Å². The van der Waals surface area contributed by atoms with Gasteiger partial charge >= 0.3 is 6.03 Å². The smallest absolute Gasteiger partial charge is 0.319 e. The maximum Gasteiger partial charge on any atom is 0.319 e. The van der Waals surface area contributed by atoms with E-state index in [-0.39, 0.29) is 12.1 Å². The number of morpholine rings is 1. The minimum absolute atomic E-state index is 0.182. The van der Waals surface area contributed by atoms with Gasteiger partial charge < -0.3 is 15.4 Å². The van der Waals surface area contributed by atoms with E-state index in [2.05, 4.69) is 32.0 Å². The van der Waals surface area contributed by atoms with Crippen molar-refractivity contribution in [3.05, 3.63) is 46.9 Å². The third kappa shape index (κ3) is 4.51. The van der Waals surface area contributed by atoms with Gasteiger partial charge in [0, 0.05) is 42.6 Å². The molecular formula is C16H20N4O2S. The third-order valence-electron chi connectivity index (χ3n) is 3.75. The number of thiophene rings is 1. The van der Waals surface area contributed by atoms with Gasteiger partial charge in [0.15, 0.2) is 0 Å². The van der Waals surface area contributed by atoms with Gasteiger partial charge in [0.2, 0.25) is 0 Å². The van der Waals surface area contributed by atoms with Crippen molar-refractivity contribution < 1.29 is 9.53 Å². The first-order chi connectivity index (χ1) is 11.3. The Balaban J connectivity index is 1.59. The van der Waals surface area contributed by atoms with Gasteiger partial charge in [-0.05, 0) is 23.6 Å². The van der Waals surface area contributed by atoms with E-state index < -0.39 is 0 Å². The zero-order chi connectivity index (χ0) is 15.9. The first-order valence-electron chi connectivity index (χ1n) is 7.63. The highest BCUT2D eigenvalue weighted by atomic mass is 32.1. The Bertz CT molecular complexity index is 600. The van der Waals surface area contributed by atoms with E-state index in [0.717, 1.165) is 32.0 Å². The molecule has 1 aliphatic heterocycles. The lowest BCUT2D eigenvalue weighted by molar-refractivity contribution is 0.0175. The number of hydrogen-bond acceptors (Lipinski definition) is 5. The van der Waals surface area contributed by atoms with Crippen molar-refractivity contribution in [1.29, 1.82) is 0 Å². The minimum Gasteiger partial charge on any atom is -0.379 e. The van der Waals surface area contributed by atoms with Crippen molar-refractivity contribution in [3.63, 3.8) is 0 Å². The summed E-state index contributed by atoms with van der Waals surface area (Å²) in [6, 6.07) is 7.67. The van der Waals surface area contributed by atoms with Crippen LogP contribution < -0.4 is 10.6 Å². The van der Waals surface area contributed by atoms with E-state index in [1.807, 2.05) is 6.07 Å². The molecule has 2 amide bonds. The van der Waals surface area contributed by atoms with Crippen molar-refractivity contribution in [2.24, 2.45) is 0 Å². The van der Waals surface area contributed by atoms with Crippen LogP contribution in [-0.4, -0.2) is 48.8 Å². The van der Waals surface area contributed by atoms with Gasteiger partial charge in [0.25, 0.3) is 0 Å². The van der Waals surface area contributed by atoms with Gasteiger partial charge in [-0.1, -0.05) is 6.07 Å². The molecule has 0 saturated carbocycles. The lowest BCUT2D eigenvalue weighted by Gasteiger charge is -2.34. The second-order valence-corrected chi connectivity index (χ2v) is 6.23. The van der Waals surface area contributed by atoms with Crippen molar-refractivity contribution in [2.75, 3.05) is 38.2 Å². The van der Waals surface area contributed by atoms with E-state index in [9.17, 15) is 4.79 Å². The molecule has 1 saturated heterocycles. The molecule has 0 spiro atoms. The maximum absolute atomic E-state index is 12.1. The fourth-order valence-corrected chi connectivity index (χ4v) is 3.44. The predicted octanol–water partition coefficient (Wildman–Crippen LogP) is 2.34. The molecule has 2 aromatic rings. The number of carbonyl (C=O) groups is 1. The summed E-state index contributed by atoms with van der Waals surface area (Å²) in [4.78, 5) is 19.6. The van der Waals surface area contributed by atoms with Crippen LogP contribution in [0.1, 0.15) is 10.9 Å². The van der Waals surface area contributed by atoms with Crippen LogP contribution in [0.25, 0.3) is 0 Å². The molecule has 1 atom stereocenters. The number of carbonyl (C=O) groups excluding carboxylic acids is 1. The standard InChI is InChI=1S/C16H20N4O2S/c21-16(19-13-3-5-17-6-4-13)18-12-14(15-2-1-11-23-15)20-7-9-22-10-8-20/h1-6,11,14H,7-10,12H2,(H2,17,18,19,21)/t14-/m1/s1. The van der Waals surface area contributed by atoms with Crippen molar-refractivity contribution in [1.82, 2.24) is 15.2 Å². The minimum atomic E-state index is -0.203. The Kier molecular flexibility index (Phi) is 5.57. The van der Waals surface area contributed by atoms with E-state index in [0.29, 0.717) is 6.54 Å². The van der Waals surface area contributed by atoms with Crippen LogP contribution in [0.5, 0.6) is 0 Å². The summed E-state index contributed by atoms with van der Waals surface area (Å²) < 4.78 is 5.43. The molecule has 23 heavy (non-hydrogen) atoms. The maximum atomic E-state index is 12.1. The molecule has 3 rings (SSSR count). The average molecular weight is 332 g/mol. The first-order valence-corrected chi connectivity index (χ1v) is 8.51. The van der Waals surface area contributed by atoms with Crippen molar-refractivity contribution in [3.8, 4) is 0 Å². The van der Waals surface area contributed by atoms with E-state index >= 15 is 0 Å². The number of pyridine rings is 1. The molecule has 0 unspecified atom stereocenters. The molecule has 0 bridgehead atoms. The Morgan fingerprint density at radius 2 is 2.09 bits per heavy atom. The highest BCUT2D eigenvalue weighted by Gasteiger charge is 2.23. The summed E-state index contributed by atoms with van der Waals surface area (Å²) in [5.41, 5.74) is 0.733. The molecule has 0 aromatic carbocycles. The number of nitrogens with one attached hydrogen (secondary N) is 2. The number of rotatable bonds is 5. The lowest BCUT2D eigenvalue weighted by atomic mass is 10.2. The first kappa shape index (κ1) is 15.9. The van der Waals surface area contributed by atoms with Gasteiger partial charge in [-0.15, -0.1) is 11.3 Å². The summed E-state index contributed by atoms with van der Waals surface area (Å²) in [6.07, 6.45) is 3.30. The van der Waals surface area contributed by atoms with Crippen LogP contribution >= 0.6 is 11.3 Å². The quantitative estimate of drug-likeness (QED) is 0.882. The van der Waals surface area contributed by atoms with E-state index in [1.54, 1.807) is 35.9 Å². The van der Waals surface area contributed by atoms with E-state index in [4.69, 9.17) is 4.74 Å². The lowest BCUT2D eigenvalue weighted by Crippen LogP contribution is -2.44. The third-order valence-corrected chi connectivity index (χ3v) is 4.73.